The molecule has 0 aliphatic heterocycles. The highest BCUT2D eigenvalue weighted by atomic mass is 16.1. The Morgan fingerprint density at radius 3 is 2.43 bits per heavy atom. The molecular formula is C17H23N3O. The highest BCUT2D eigenvalue weighted by Crippen LogP contribution is 2.14. The fourth-order valence-corrected chi connectivity index (χ4v) is 2.18. The van der Waals surface area contributed by atoms with Gasteiger partial charge in [-0.1, -0.05) is 26.0 Å². The molecule has 1 aromatic carbocycles. The number of carbonyl (C=O) groups excluding carboxylic acids is 1. The van der Waals surface area contributed by atoms with Gasteiger partial charge in [0.05, 0.1) is 12.0 Å². The van der Waals surface area contributed by atoms with Crippen molar-refractivity contribution in [3.8, 4) is 5.69 Å². The summed E-state index contributed by atoms with van der Waals surface area (Å²) >= 11 is 0. The third-order valence-electron chi connectivity index (χ3n) is 3.55. The third kappa shape index (κ3) is 3.94. The number of hydrogen-bond acceptors (Lipinski definition) is 2. The lowest BCUT2D eigenvalue weighted by Crippen LogP contribution is -2.23. The average molecular weight is 285 g/mol. The number of benzene rings is 1. The molecule has 21 heavy (non-hydrogen) atoms. The van der Waals surface area contributed by atoms with Crippen LogP contribution in [0.2, 0.25) is 0 Å². The molecule has 0 aliphatic carbocycles. The molecule has 4 heteroatoms. The molecule has 0 atom stereocenters. The molecule has 0 saturated heterocycles. The maximum Gasteiger partial charge on any atom is 0.220 e. The maximum absolute atomic E-state index is 11.6. The van der Waals surface area contributed by atoms with Gasteiger partial charge < -0.3 is 9.88 Å². The van der Waals surface area contributed by atoms with E-state index in [1.807, 2.05) is 39.2 Å². The lowest BCUT2D eigenvalue weighted by Gasteiger charge is -2.09. The van der Waals surface area contributed by atoms with Crippen molar-refractivity contribution >= 4 is 5.91 Å². The monoisotopic (exact) mass is 285 g/mol. The van der Waals surface area contributed by atoms with E-state index in [4.69, 9.17) is 0 Å². The Morgan fingerprint density at radius 2 is 1.90 bits per heavy atom. The highest BCUT2D eigenvalue weighted by molar-refractivity contribution is 5.76. The van der Waals surface area contributed by atoms with Gasteiger partial charge in [-0.25, -0.2) is 4.98 Å². The number of nitrogens with one attached hydrogen (secondary N) is 1. The van der Waals surface area contributed by atoms with Crippen LogP contribution in [0.15, 0.2) is 30.6 Å². The Balaban J connectivity index is 1.99. The second-order valence-corrected chi connectivity index (χ2v) is 5.83. The first-order valence-corrected chi connectivity index (χ1v) is 7.34. The highest BCUT2D eigenvalue weighted by Gasteiger charge is 2.06. The first kappa shape index (κ1) is 15.3. The standard InChI is InChI=1S/C17H23N3O/c1-12(2)9-17(21)18-10-15-5-7-16(8-6-15)20-11-19-13(3)14(20)4/h5-8,11-12H,9-10H2,1-4H3,(H,18,21). The van der Waals surface area contributed by atoms with Gasteiger partial charge in [-0.05, 0) is 37.5 Å². The van der Waals surface area contributed by atoms with E-state index in [9.17, 15) is 4.79 Å². The molecule has 0 aliphatic rings. The Morgan fingerprint density at radius 1 is 1.24 bits per heavy atom. The molecule has 1 heterocycles. The number of aryl methyl sites for hydroxylation is 1. The zero-order valence-electron chi connectivity index (χ0n) is 13.2. The molecule has 2 rings (SSSR count). The van der Waals surface area contributed by atoms with E-state index in [2.05, 4.69) is 33.9 Å². The molecule has 0 bridgehead atoms. The Bertz CT molecular complexity index is 611. The summed E-state index contributed by atoms with van der Waals surface area (Å²) in [6.07, 6.45) is 2.41. The first-order chi connectivity index (χ1) is 9.97. The maximum atomic E-state index is 11.6. The van der Waals surface area contributed by atoms with Crippen molar-refractivity contribution in [3.63, 3.8) is 0 Å². The third-order valence-corrected chi connectivity index (χ3v) is 3.55. The topological polar surface area (TPSA) is 46.9 Å². The van der Waals surface area contributed by atoms with E-state index >= 15 is 0 Å². The Hall–Kier alpha value is -2.10. The van der Waals surface area contributed by atoms with E-state index in [1.165, 1.54) is 0 Å². The van der Waals surface area contributed by atoms with Crippen LogP contribution in [0.25, 0.3) is 5.69 Å². The predicted molar refractivity (Wildman–Crippen MR) is 84.3 cm³/mol. The fraction of sp³-hybridized carbons (Fsp3) is 0.412. The Labute approximate surface area is 126 Å². The van der Waals surface area contributed by atoms with Crippen LogP contribution in [0, 0.1) is 19.8 Å². The summed E-state index contributed by atoms with van der Waals surface area (Å²) in [7, 11) is 0. The van der Waals surface area contributed by atoms with Crippen molar-refractivity contribution in [3.05, 3.63) is 47.5 Å². The molecule has 4 nitrogen and oxygen atoms in total. The first-order valence-electron chi connectivity index (χ1n) is 7.34. The largest absolute Gasteiger partial charge is 0.352 e. The number of imidazole rings is 1. The summed E-state index contributed by atoms with van der Waals surface area (Å²) in [4.78, 5) is 15.9. The van der Waals surface area contributed by atoms with Gasteiger partial charge >= 0.3 is 0 Å². The smallest absolute Gasteiger partial charge is 0.220 e. The van der Waals surface area contributed by atoms with Crippen LogP contribution < -0.4 is 5.32 Å². The molecule has 112 valence electrons. The number of rotatable bonds is 5. The van der Waals surface area contributed by atoms with E-state index in [0.29, 0.717) is 18.9 Å². The SMILES string of the molecule is Cc1ncn(-c2ccc(CNC(=O)CC(C)C)cc2)c1C. The number of carbonyl (C=O) groups is 1. The molecule has 0 saturated carbocycles. The fourth-order valence-electron chi connectivity index (χ4n) is 2.18. The van der Waals surface area contributed by atoms with Crippen LogP contribution in [-0.4, -0.2) is 15.5 Å². The minimum Gasteiger partial charge on any atom is -0.352 e. The van der Waals surface area contributed by atoms with Crippen LogP contribution >= 0.6 is 0 Å². The van der Waals surface area contributed by atoms with Crippen LogP contribution in [0.1, 0.15) is 37.2 Å². The molecule has 0 unspecified atom stereocenters. The molecule has 0 radical (unpaired) electrons. The van der Waals surface area contributed by atoms with Gasteiger partial charge in [0.25, 0.3) is 0 Å². The van der Waals surface area contributed by atoms with Crippen molar-refractivity contribution in [2.45, 2.75) is 40.7 Å². The van der Waals surface area contributed by atoms with Gasteiger partial charge in [0, 0.05) is 24.3 Å². The van der Waals surface area contributed by atoms with Crippen molar-refractivity contribution in [2.24, 2.45) is 5.92 Å². The quantitative estimate of drug-likeness (QED) is 0.917. The van der Waals surface area contributed by atoms with Gasteiger partial charge in [0.15, 0.2) is 0 Å². The second kappa shape index (κ2) is 6.57. The lowest BCUT2D eigenvalue weighted by molar-refractivity contribution is -0.121. The van der Waals surface area contributed by atoms with Gasteiger partial charge in [0.2, 0.25) is 5.91 Å². The molecule has 0 spiro atoms. The zero-order chi connectivity index (χ0) is 15.4. The minimum absolute atomic E-state index is 0.107. The number of aromatic nitrogens is 2. The van der Waals surface area contributed by atoms with Crippen molar-refractivity contribution in [2.75, 3.05) is 0 Å². The molecule has 2 aromatic rings. The molecule has 1 aromatic heterocycles. The van der Waals surface area contributed by atoms with Crippen molar-refractivity contribution in [1.29, 1.82) is 0 Å². The van der Waals surface area contributed by atoms with Crippen LogP contribution in [0.3, 0.4) is 0 Å². The predicted octanol–water partition coefficient (Wildman–Crippen LogP) is 3.15. The summed E-state index contributed by atoms with van der Waals surface area (Å²) in [5, 5.41) is 2.95. The van der Waals surface area contributed by atoms with Crippen molar-refractivity contribution < 1.29 is 4.79 Å². The molecule has 1 amide bonds. The minimum atomic E-state index is 0.107. The summed E-state index contributed by atoms with van der Waals surface area (Å²) in [5.41, 5.74) is 4.38. The van der Waals surface area contributed by atoms with Gasteiger partial charge in [0.1, 0.15) is 0 Å². The summed E-state index contributed by atoms with van der Waals surface area (Å²) < 4.78 is 2.07. The van der Waals surface area contributed by atoms with Gasteiger partial charge in [-0.2, -0.15) is 0 Å². The molecule has 1 N–H and O–H groups in total. The second-order valence-electron chi connectivity index (χ2n) is 5.83. The van der Waals surface area contributed by atoms with E-state index in [1.54, 1.807) is 0 Å². The van der Waals surface area contributed by atoms with E-state index in [-0.39, 0.29) is 5.91 Å². The summed E-state index contributed by atoms with van der Waals surface area (Å²) in [5.74, 6) is 0.495. The molecular weight excluding hydrogens is 262 g/mol. The normalized spacial score (nSPS) is 10.9. The van der Waals surface area contributed by atoms with Crippen molar-refractivity contribution in [1.82, 2.24) is 14.9 Å². The summed E-state index contributed by atoms with van der Waals surface area (Å²) in [6.45, 7) is 8.73. The van der Waals surface area contributed by atoms with Crippen LogP contribution in [-0.2, 0) is 11.3 Å². The lowest BCUT2D eigenvalue weighted by atomic mass is 10.1. The molecule has 0 fully saturated rings. The number of amides is 1. The van der Waals surface area contributed by atoms with Gasteiger partial charge in [-0.3, -0.25) is 4.79 Å². The summed E-state index contributed by atoms with van der Waals surface area (Å²) in [6, 6.07) is 8.19. The average Bonchev–Trinajstić information content (AvgIpc) is 2.77. The van der Waals surface area contributed by atoms with Crippen LogP contribution in [0.5, 0.6) is 0 Å². The van der Waals surface area contributed by atoms with E-state index < -0.39 is 0 Å². The zero-order valence-corrected chi connectivity index (χ0v) is 13.2. The number of nitrogens with zero attached hydrogens (tertiary/aromatic N) is 2. The number of hydrogen-bond donors (Lipinski definition) is 1. The van der Waals surface area contributed by atoms with Gasteiger partial charge in [-0.15, -0.1) is 0 Å². The van der Waals surface area contributed by atoms with Crippen LogP contribution in [0.4, 0.5) is 0 Å². The Kier molecular flexibility index (Phi) is 4.78. The van der Waals surface area contributed by atoms with E-state index in [0.717, 1.165) is 22.6 Å².